The molecule has 150 valence electrons. The van der Waals surface area contributed by atoms with Crippen molar-refractivity contribution in [1.82, 2.24) is 14.7 Å². The summed E-state index contributed by atoms with van der Waals surface area (Å²) in [6.45, 7) is 6.77. The van der Waals surface area contributed by atoms with Crippen LogP contribution in [0.15, 0.2) is 30.3 Å². The molecule has 0 aliphatic carbocycles. The highest BCUT2D eigenvalue weighted by Crippen LogP contribution is 2.34. The van der Waals surface area contributed by atoms with Crippen molar-refractivity contribution in [3.05, 3.63) is 47.3 Å². The lowest BCUT2D eigenvalue weighted by Gasteiger charge is -2.36. The summed E-state index contributed by atoms with van der Waals surface area (Å²) in [5.74, 6) is -1.32. The number of amides is 1. The number of unbranched alkanes of at least 4 members (excludes halogenated alkanes) is 1. The Kier molecular flexibility index (Phi) is 6.02. The number of aromatic carboxylic acids is 1. The van der Waals surface area contributed by atoms with Gasteiger partial charge in [-0.05, 0) is 32.3 Å². The van der Waals surface area contributed by atoms with Crippen molar-refractivity contribution in [2.24, 2.45) is 0 Å². The van der Waals surface area contributed by atoms with Crippen LogP contribution in [0.5, 0.6) is 5.75 Å². The van der Waals surface area contributed by atoms with E-state index in [1.807, 2.05) is 51.1 Å². The van der Waals surface area contributed by atoms with Crippen LogP contribution in [0.4, 0.5) is 0 Å². The highest BCUT2D eigenvalue weighted by atomic mass is 16.5. The molecule has 0 saturated heterocycles. The van der Waals surface area contributed by atoms with Crippen LogP contribution in [0.25, 0.3) is 0 Å². The van der Waals surface area contributed by atoms with Gasteiger partial charge < -0.3 is 14.7 Å². The molecule has 1 aliphatic heterocycles. The van der Waals surface area contributed by atoms with E-state index in [1.54, 1.807) is 9.58 Å². The lowest BCUT2D eigenvalue weighted by molar-refractivity contribution is 0.0586. The van der Waals surface area contributed by atoms with Gasteiger partial charge in [0, 0.05) is 12.6 Å². The van der Waals surface area contributed by atoms with Crippen LogP contribution in [-0.2, 0) is 6.42 Å². The summed E-state index contributed by atoms with van der Waals surface area (Å²) < 4.78 is 7.33. The molecule has 7 heteroatoms. The number of carbonyl (C=O) groups is 2. The maximum Gasteiger partial charge on any atom is 0.360 e. The van der Waals surface area contributed by atoms with Crippen molar-refractivity contribution in [3.63, 3.8) is 0 Å². The topological polar surface area (TPSA) is 84.7 Å². The Morgan fingerprint density at radius 2 is 2.04 bits per heavy atom. The molecule has 1 aromatic heterocycles. The maximum atomic E-state index is 13.1. The first kappa shape index (κ1) is 19.9. The van der Waals surface area contributed by atoms with Crippen LogP contribution >= 0.6 is 0 Å². The molecule has 2 heterocycles. The zero-order valence-corrected chi connectivity index (χ0v) is 16.6. The molecule has 7 nitrogen and oxygen atoms in total. The van der Waals surface area contributed by atoms with Crippen molar-refractivity contribution in [2.45, 2.75) is 52.1 Å². The molecule has 3 rings (SSSR count). The molecule has 1 amide bonds. The molecule has 1 atom stereocenters. The SMILES string of the molecule is CCCCOc1c(C(=O)O)nn2c1C(=O)N(C(C)C)CC2Cc1ccccc1. The molecule has 1 unspecified atom stereocenters. The minimum atomic E-state index is -1.18. The van der Waals surface area contributed by atoms with Crippen molar-refractivity contribution < 1.29 is 19.4 Å². The van der Waals surface area contributed by atoms with Gasteiger partial charge in [0.05, 0.1) is 12.6 Å². The summed E-state index contributed by atoms with van der Waals surface area (Å²) in [6, 6.07) is 9.78. The number of carbonyl (C=O) groups excluding carboxylic acids is 1. The van der Waals surface area contributed by atoms with Gasteiger partial charge in [0.15, 0.2) is 11.4 Å². The Hall–Kier alpha value is -2.83. The van der Waals surface area contributed by atoms with E-state index in [2.05, 4.69) is 5.10 Å². The quantitative estimate of drug-likeness (QED) is 0.704. The summed E-state index contributed by atoms with van der Waals surface area (Å²) >= 11 is 0. The van der Waals surface area contributed by atoms with Crippen molar-refractivity contribution in [2.75, 3.05) is 13.2 Å². The second-order valence-corrected chi connectivity index (χ2v) is 7.37. The van der Waals surface area contributed by atoms with Gasteiger partial charge in [-0.15, -0.1) is 0 Å². The number of carboxylic acids is 1. The molecule has 1 aromatic carbocycles. The number of carboxylic acid groups (broad SMARTS) is 1. The fraction of sp³-hybridized carbons (Fsp3) is 0.476. The number of rotatable bonds is 8. The van der Waals surface area contributed by atoms with Gasteiger partial charge in [-0.2, -0.15) is 5.10 Å². The number of ether oxygens (including phenoxy) is 1. The van der Waals surface area contributed by atoms with E-state index in [0.717, 1.165) is 18.4 Å². The van der Waals surface area contributed by atoms with E-state index in [4.69, 9.17) is 4.74 Å². The molecular weight excluding hydrogens is 358 g/mol. The van der Waals surface area contributed by atoms with Gasteiger partial charge in [0.2, 0.25) is 5.69 Å². The first-order valence-electron chi connectivity index (χ1n) is 9.77. The summed E-state index contributed by atoms with van der Waals surface area (Å²) in [5.41, 5.74) is 1.16. The first-order valence-corrected chi connectivity index (χ1v) is 9.77. The molecular formula is C21H27N3O4. The van der Waals surface area contributed by atoms with Gasteiger partial charge >= 0.3 is 5.97 Å². The summed E-state index contributed by atoms with van der Waals surface area (Å²) in [4.78, 5) is 26.7. The molecule has 0 fully saturated rings. The average Bonchev–Trinajstić information content (AvgIpc) is 3.05. The van der Waals surface area contributed by atoms with Gasteiger partial charge in [-0.1, -0.05) is 43.7 Å². The third kappa shape index (κ3) is 3.88. The van der Waals surface area contributed by atoms with Crippen LogP contribution in [-0.4, -0.2) is 50.9 Å². The Labute approximate surface area is 164 Å². The maximum absolute atomic E-state index is 13.1. The van der Waals surface area contributed by atoms with E-state index in [1.165, 1.54) is 0 Å². The van der Waals surface area contributed by atoms with Crippen LogP contribution in [0.3, 0.4) is 0 Å². The highest BCUT2D eigenvalue weighted by Gasteiger charge is 2.39. The van der Waals surface area contributed by atoms with Crippen LogP contribution in [0, 0.1) is 0 Å². The molecule has 0 spiro atoms. The Morgan fingerprint density at radius 3 is 2.64 bits per heavy atom. The van der Waals surface area contributed by atoms with E-state index in [-0.39, 0.29) is 35.1 Å². The Bertz CT molecular complexity index is 845. The number of fused-ring (bicyclic) bond motifs is 1. The van der Waals surface area contributed by atoms with E-state index < -0.39 is 5.97 Å². The Morgan fingerprint density at radius 1 is 1.32 bits per heavy atom. The van der Waals surface area contributed by atoms with Gasteiger partial charge in [-0.25, -0.2) is 4.79 Å². The Balaban J connectivity index is 2.06. The van der Waals surface area contributed by atoms with Gasteiger partial charge in [0.25, 0.3) is 5.91 Å². The molecule has 0 bridgehead atoms. The standard InChI is InChI=1S/C21H27N3O4/c1-4-5-11-28-19-17(21(26)27)22-24-16(12-15-9-7-6-8-10-15)13-23(14(2)3)20(25)18(19)24/h6-10,14,16H,4-5,11-13H2,1-3H3,(H,26,27). The van der Waals surface area contributed by atoms with Crippen LogP contribution in [0.2, 0.25) is 0 Å². The van der Waals surface area contributed by atoms with E-state index in [9.17, 15) is 14.7 Å². The predicted octanol–water partition coefficient (Wildman–Crippen LogP) is 3.41. The number of hydrogen-bond acceptors (Lipinski definition) is 4. The third-order valence-electron chi connectivity index (χ3n) is 4.97. The largest absolute Gasteiger partial charge is 0.489 e. The average molecular weight is 385 g/mol. The minimum absolute atomic E-state index is 0.00815. The summed E-state index contributed by atoms with van der Waals surface area (Å²) in [7, 11) is 0. The summed E-state index contributed by atoms with van der Waals surface area (Å²) in [5, 5.41) is 13.9. The molecule has 0 saturated carbocycles. The zero-order valence-electron chi connectivity index (χ0n) is 16.6. The third-order valence-corrected chi connectivity index (χ3v) is 4.97. The minimum Gasteiger partial charge on any atom is -0.489 e. The second kappa shape index (κ2) is 8.46. The molecule has 1 N–H and O–H groups in total. The fourth-order valence-corrected chi connectivity index (χ4v) is 3.48. The molecule has 28 heavy (non-hydrogen) atoms. The zero-order chi connectivity index (χ0) is 20.3. The first-order chi connectivity index (χ1) is 13.4. The second-order valence-electron chi connectivity index (χ2n) is 7.37. The summed E-state index contributed by atoms with van der Waals surface area (Å²) in [6.07, 6.45) is 2.34. The smallest absolute Gasteiger partial charge is 0.360 e. The monoisotopic (exact) mass is 385 g/mol. The fourth-order valence-electron chi connectivity index (χ4n) is 3.48. The molecule has 1 aliphatic rings. The van der Waals surface area contributed by atoms with Gasteiger partial charge in [-0.3, -0.25) is 9.48 Å². The normalized spacial score (nSPS) is 16.4. The number of aromatic nitrogens is 2. The lowest BCUT2D eigenvalue weighted by Crippen LogP contribution is -2.47. The van der Waals surface area contributed by atoms with Gasteiger partial charge in [0.1, 0.15) is 0 Å². The highest BCUT2D eigenvalue weighted by molar-refractivity contribution is 6.00. The van der Waals surface area contributed by atoms with Crippen LogP contribution < -0.4 is 4.74 Å². The predicted molar refractivity (Wildman–Crippen MR) is 105 cm³/mol. The number of hydrogen-bond donors (Lipinski definition) is 1. The van der Waals surface area contributed by atoms with Crippen molar-refractivity contribution >= 4 is 11.9 Å². The van der Waals surface area contributed by atoms with E-state index in [0.29, 0.717) is 19.6 Å². The molecule has 0 radical (unpaired) electrons. The van der Waals surface area contributed by atoms with Crippen molar-refractivity contribution in [1.29, 1.82) is 0 Å². The number of nitrogens with zero attached hydrogens (tertiary/aromatic N) is 3. The van der Waals surface area contributed by atoms with E-state index >= 15 is 0 Å². The lowest BCUT2D eigenvalue weighted by atomic mass is 10.0. The van der Waals surface area contributed by atoms with Crippen molar-refractivity contribution in [3.8, 4) is 5.75 Å². The number of benzene rings is 1. The van der Waals surface area contributed by atoms with Crippen LogP contribution in [0.1, 0.15) is 66.2 Å². The molecule has 2 aromatic rings.